The predicted molar refractivity (Wildman–Crippen MR) is 82.2 cm³/mol. The summed E-state index contributed by atoms with van der Waals surface area (Å²) in [6, 6.07) is 7.01. The van der Waals surface area contributed by atoms with Gasteiger partial charge in [-0.2, -0.15) is 11.8 Å². The molecule has 3 nitrogen and oxygen atoms in total. The summed E-state index contributed by atoms with van der Waals surface area (Å²) in [5.41, 5.74) is 0. The van der Waals surface area contributed by atoms with Crippen molar-refractivity contribution in [3.8, 4) is 5.75 Å². The Morgan fingerprint density at radius 3 is 2.79 bits per heavy atom. The van der Waals surface area contributed by atoms with Crippen LogP contribution in [0.2, 0.25) is 5.02 Å². The van der Waals surface area contributed by atoms with Gasteiger partial charge in [-0.3, -0.25) is 4.79 Å². The lowest BCUT2D eigenvalue weighted by atomic mass is 10.3. The second-order valence-electron chi connectivity index (χ2n) is 5.06. The van der Waals surface area contributed by atoms with E-state index in [-0.39, 0.29) is 17.3 Å². The fraction of sp³-hybridized carbons (Fsp3) is 0.500. The second kappa shape index (κ2) is 7.65. The minimum Gasteiger partial charge on any atom is -0.484 e. The molecule has 5 heteroatoms. The van der Waals surface area contributed by atoms with E-state index < -0.39 is 0 Å². The molecule has 1 aromatic carbocycles. The molecule has 0 fully saturated rings. The Morgan fingerprint density at radius 1 is 1.42 bits per heavy atom. The Morgan fingerprint density at radius 2 is 2.16 bits per heavy atom. The fourth-order valence-electron chi connectivity index (χ4n) is 1.30. The first-order chi connectivity index (χ1) is 8.87. The first-order valence-electron chi connectivity index (χ1n) is 6.16. The first kappa shape index (κ1) is 16.2. The maximum absolute atomic E-state index is 11.5. The van der Waals surface area contributed by atoms with E-state index in [1.54, 1.807) is 24.3 Å². The molecule has 0 atom stereocenters. The summed E-state index contributed by atoms with van der Waals surface area (Å²) in [7, 11) is 0. The molecule has 0 saturated carbocycles. The molecule has 0 spiro atoms. The van der Waals surface area contributed by atoms with E-state index >= 15 is 0 Å². The number of amides is 1. The number of hydrogen-bond donors (Lipinski definition) is 1. The van der Waals surface area contributed by atoms with Crippen molar-refractivity contribution in [2.75, 3.05) is 18.9 Å². The lowest BCUT2D eigenvalue weighted by Crippen LogP contribution is -2.31. The number of halogens is 1. The van der Waals surface area contributed by atoms with Crippen molar-refractivity contribution in [3.05, 3.63) is 29.3 Å². The van der Waals surface area contributed by atoms with Gasteiger partial charge in [-0.1, -0.05) is 38.4 Å². The zero-order valence-electron chi connectivity index (χ0n) is 11.5. The van der Waals surface area contributed by atoms with E-state index in [0.717, 1.165) is 5.75 Å². The minimum atomic E-state index is -0.116. The number of carbonyl (C=O) groups excluding carboxylic acids is 1. The predicted octanol–water partition coefficient (Wildman–Crippen LogP) is 3.37. The van der Waals surface area contributed by atoms with Gasteiger partial charge in [-0.15, -0.1) is 0 Å². The molecular weight excluding hydrogens is 282 g/mol. The number of carbonyl (C=O) groups is 1. The Bertz CT molecular complexity index is 418. The highest BCUT2D eigenvalue weighted by atomic mass is 35.5. The molecule has 1 aromatic rings. The lowest BCUT2D eigenvalue weighted by molar-refractivity contribution is -0.122. The normalized spacial score (nSPS) is 11.2. The van der Waals surface area contributed by atoms with Crippen LogP contribution >= 0.6 is 23.4 Å². The zero-order chi connectivity index (χ0) is 14.3. The molecule has 19 heavy (non-hydrogen) atoms. The summed E-state index contributed by atoms with van der Waals surface area (Å²) in [5, 5.41) is 3.42. The van der Waals surface area contributed by atoms with Crippen LogP contribution in [-0.2, 0) is 4.79 Å². The molecule has 0 aromatic heterocycles. The third-order valence-electron chi connectivity index (χ3n) is 2.13. The average Bonchev–Trinajstić information content (AvgIpc) is 2.31. The van der Waals surface area contributed by atoms with Gasteiger partial charge in [0.1, 0.15) is 5.75 Å². The zero-order valence-corrected chi connectivity index (χ0v) is 13.1. The van der Waals surface area contributed by atoms with Crippen LogP contribution in [0.3, 0.4) is 0 Å². The van der Waals surface area contributed by atoms with E-state index in [2.05, 4.69) is 26.1 Å². The van der Waals surface area contributed by atoms with E-state index in [1.807, 2.05) is 11.8 Å². The van der Waals surface area contributed by atoms with Gasteiger partial charge >= 0.3 is 0 Å². The van der Waals surface area contributed by atoms with Crippen molar-refractivity contribution in [2.24, 2.45) is 0 Å². The van der Waals surface area contributed by atoms with E-state index in [1.165, 1.54) is 0 Å². The molecule has 0 aliphatic carbocycles. The average molecular weight is 302 g/mol. The lowest BCUT2D eigenvalue weighted by Gasteiger charge is -2.17. The first-order valence-corrected chi connectivity index (χ1v) is 7.52. The van der Waals surface area contributed by atoms with Crippen molar-refractivity contribution in [2.45, 2.75) is 25.5 Å². The Kier molecular flexibility index (Phi) is 6.52. The number of thioether (sulfide) groups is 1. The third kappa shape index (κ3) is 8.01. The van der Waals surface area contributed by atoms with Crippen molar-refractivity contribution in [1.82, 2.24) is 5.32 Å². The largest absolute Gasteiger partial charge is 0.484 e. The molecule has 1 N–H and O–H groups in total. The molecule has 106 valence electrons. The minimum absolute atomic E-state index is 0.0144. The molecule has 0 bridgehead atoms. The van der Waals surface area contributed by atoms with Crippen molar-refractivity contribution >= 4 is 29.3 Å². The highest BCUT2D eigenvalue weighted by Gasteiger charge is 2.10. The van der Waals surface area contributed by atoms with Gasteiger partial charge in [-0.25, -0.2) is 0 Å². The van der Waals surface area contributed by atoms with E-state index in [0.29, 0.717) is 17.3 Å². The Hall–Kier alpha value is -0.870. The summed E-state index contributed by atoms with van der Waals surface area (Å²) < 4.78 is 5.57. The molecular formula is C14H20ClNO2S. The van der Waals surface area contributed by atoms with Crippen LogP contribution in [0.4, 0.5) is 0 Å². The summed E-state index contributed by atoms with van der Waals surface area (Å²) in [6.07, 6.45) is 0. The highest BCUT2D eigenvalue weighted by molar-refractivity contribution is 8.00. The van der Waals surface area contributed by atoms with Crippen LogP contribution < -0.4 is 10.1 Å². The van der Waals surface area contributed by atoms with Gasteiger partial charge in [0.05, 0.1) is 0 Å². The number of benzene rings is 1. The summed E-state index contributed by atoms with van der Waals surface area (Å²) in [5.74, 6) is 1.38. The number of rotatable bonds is 6. The summed E-state index contributed by atoms with van der Waals surface area (Å²) in [6.45, 7) is 7.13. The summed E-state index contributed by atoms with van der Waals surface area (Å²) in [4.78, 5) is 11.5. The number of nitrogens with one attached hydrogen (secondary N) is 1. The quantitative estimate of drug-likeness (QED) is 0.819. The molecule has 0 aliphatic rings. The highest BCUT2D eigenvalue weighted by Crippen LogP contribution is 2.22. The SMILES string of the molecule is CC(C)(C)SCCNC(=O)COc1cccc(Cl)c1. The maximum Gasteiger partial charge on any atom is 0.257 e. The van der Waals surface area contributed by atoms with E-state index in [9.17, 15) is 4.79 Å². The number of ether oxygens (including phenoxy) is 1. The van der Waals surface area contributed by atoms with Gasteiger partial charge in [0.25, 0.3) is 5.91 Å². The monoisotopic (exact) mass is 301 g/mol. The molecule has 1 amide bonds. The molecule has 0 radical (unpaired) electrons. The van der Waals surface area contributed by atoms with E-state index in [4.69, 9.17) is 16.3 Å². The van der Waals surface area contributed by atoms with Gasteiger partial charge in [0.2, 0.25) is 0 Å². The smallest absolute Gasteiger partial charge is 0.257 e. The van der Waals surface area contributed by atoms with Crippen molar-refractivity contribution in [1.29, 1.82) is 0 Å². The maximum atomic E-state index is 11.5. The van der Waals surface area contributed by atoms with Crippen LogP contribution in [0, 0.1) is 0 Å². The van der Waals surface area contributed by atoms with Crippen LogP contribution in [0.15, 0.2) is 24.3 Å². The van der Waals surface area contributed by atoms with Crippen LogP contribution in [-0.4, -0.2) is 29.6 Å². The molecule has 1 rings (SSSR count). The van der Waals surface area contributed by atoms with Crippen LogP contribution in [0.5, 0.6) is 5.75 Å². The molecule has 0 aliphatic heterocycles. The molecule has 0 saturated heterocycles. The third-order valence-corrected chi connectivity index (χ3v) is 3.63. The summed E-state index contributed by atoms with van der Waals surface area (Å²) >= 11 is 7.64. The van der Waals surface area contributed by atoms with Crippen LogP contribution in [0.25, 0.3) is 0 Å². The van der Waals surface area contributed by atoms with Gasteiger partial charge in [0.15, 0.2) is 6.61 Å². The van der Waals surface area contributed by atoms with Crippen molar-refractivity contribution < 1.29 is 9.53 Å². The molecule has 0 unspecified atom stereocenters. The Balaban J connectivity index is 2.18. The van der Waals surface area contributed by atoms with Crippen molar-refractivity contribution in [3.63, 3.8) is 0 Å². The van der Waals surface area contributed by atoms with Crippen LogP contribution in [0.1, 0.15) is 20.8 Å². The molecule has 0 heterocycles. The van der Waals surface area contributed by atoms with Gasteiger partial charge in [0, 0.05) is 22.1 Å². The van der Waals surface area contributed by atoms with Gasteiger partial charge in [-0.05, 0) is 18.2 Å². The Labute approximate surface area is 124 Å². The number of hydrogen-bond acceptors (Lipinski definition) is 3. The fourth-order valence-corrected chi connectivity index (χ4v) is 2.30. The second-order valence-corrected chi connectivity index (χ2v) is 7.41. The van der Waals surface area contributed by atoms with Gasteiger partial charge < -0.3 is 10.1 Å². The topological polar surface area (TPSA) is 38.3 Å². The standard InChI is InChI=1S/C14H20ClNO2S/c1-14(2,3)19-8-7-16-13(17)10-18-12-6-4-5-11(15)9-12/h4-6,9H,7-8,10H2,1-3H3,(H,16,17).